The number of benzene rings is 1. The Hall–Kier alpha value is -1.03. The lowest BCUT2D eigenvalue weighted by Crippen LogP contribution is -2.50. The normalized spacial score (nSPS) is 20.6. The fourth-order valence-electron chi connectivity index (χ4n) is 3.25. The molecular weight excluding hydrogens is 304 g/mol. The highest BCUT2D eigenvalue weighted by molar-refractivity contribution is 9.10. The number of hydrogen-bond acceptors (Lipinski definition) is 2. The average molecular weight is 323 g/mol. The third-order valence-corrected chi connectivity index (χ3v) is 4.68. The van der Waals surface area contributed by atoms with E-state index >= 15 is 0 Å². The topological polar surface area (TPSA) is 23.6 Å². The maximum Gasteiger partial charge on any atom is 0.246 e. The van der Waals surface area contributed by atoms with Crippen molar-refractivity contribution >= 4 is 33.2 Å². The Bertz CT molecular complexity index is 497. The van der Waals surface area contributed by atoms with E-state index in [0.717, 1.165) is 28.7 Å². The number of hydrogen-bond donors (Lipinski definition) is 0. The molecule has 0 unspecified atom stereocenters. The summed E-state index contributed by atoms with van der Waals surface area (Å²) in [6.07, 6.45) is 6.08. The van der Waals surface area contributed by atoms with Gasteiger partial charge in [-0.2, -0.15) is 0 Å². The largest absolute Gasteiger partial charge is 0.364 e. The number of likely N-dealkylation sites (N-methyl/N-ethyl adjacent to an activating group) is 1. The van der Waals surface area contributed by atoms with Crippen LogP contribution in [0.4, 0.5) is 11.4 Å². The van der Waals surface area contributed by atoms with Gasteiger partial charge in [0, 0.05) is 17.6 Å². The molecule has 0 atom stereocenters. The standard InChI is InChI=1S/C15H19BrN2O/c1-17-10-15(19)18(12-5-3-2-4-6-12)14-9-11(16)7-8-13(14)17/h7-9,12H,2-6,10H2,1H3. The number of anilines is 2. The molecule has 1 aromatic rings. The lowest BCUT2D eigenvalue weighted by Gasteiger charge is -2.41. The summed E-state index contributed by atoms with van der Waals surface area (Å²) in [6.45, 7) is 0.491. The molecule has 1 aromatic carbocycles. The SMILES string of the molecule is CN1CC(=O)N(C2CCCCC2)c2cc(Br)ccc21. The van der Waals surface area contributed by atoms with E-state index in [1.165, 1.54) is 19.3 Å². The molecule has 102 valence electrons. The first-order chi connectivity index (χ1) is 9.16. The Labute approximate surface area is 122 Å². The number of carbonyl (C=O) groups is 1. The highest BCUT2D eigenvalue weighted by Crippen LogP contribution is 2.38. The lowest BCUT2D eigenvalue weighted by molar-refractivity contribution is -0.118. The van der Waals surface area contributed by atoms with Crippen LogP contribution in [0.15, 0.2) is 22.7 Å². The number of carbonyl (C=O) groups excluding carboxylic acids is 1. The van der Waals surface area contributed by atoms with Gasteiger partial charge in [-0.05, 0) is 31.0 Å². The van der Waals surface area contributed by atoms with Gasteiger partial charge in [0.05, 0.1) is 17.9 Å². The molecule has 3 rings (SSSR count). The molecule has 0 spiro atoms. The van der Waals surface area contributed by atoms with Crippen LogP contribution in [-0.2, 0) is 4.79 Å². The van der Waals surface area contributed by atoms with Gasteiger partial charge in [0.1, 0.15) is 0 Å². The van der Waals surface area contributed by atoms with Crippen molar-refractivity contribution in [2.45, 2.75) is 38.1 Å². The summed E-state index contributed by atoms with van der Waals surface area (Å²) in [5.74, 6) is 0.236. The molecule has 1 amide bonds. The van der Waals surface area contributed by atoms with Crippen LogP contribution >= 0.6 is 15.9 Å². The van der Waals surface area contributed by atoms with E-state index in [2.05, 4.69) is 33.0 Å². The Morgan fingerprint density at radius 3 is 2.63 bits per heavy atom. The van der Waals surface area contributed by atoms with Crippen molar-refractivity contribution in [3.05, 3.63) is 22.7 Å². The molecule has 0 saturated heterocycles. The van der Waals surface area contributed by atoms with E-state index in [0.29, 0.717) is 12.6 Å². The summed E-state index contributed by atoms with van der Waals surface area (Å²) >= 11 is 3.53. The van der Waals surface area contributed by atoms with Gasteiger partial charge in [-0.15, -0.1) is 0 Å². The number of nitrogens with zero attached hydrogens (tertiary/aromatic N) is 2. The summed E-state index contributed by atoms with van der Waals surface area (Å²) < 4.78 is 1.04. The van der Waals surface area contributed by atoms with E-state index in [1.54, 1.807) is 0 Å². The second-order valence-electron chi connectivity index (χ2n) is 5.54. The first kappa shape index (κ1) is 13.0. The van der Waals surface area contributed by atoms with Crippen LogP contribution in [0.2, 0.25) is 0 Å². The van der Waals surface area contributed by atoms with Crippen LogP contribution < -0.4 is 9.80 Å². The predicted octanol–water partition coefficient (Wildman–Crippen LogP) is 3.56. The van der Waals surface area contributed by atoms with Crippen molar-refractivity contribution in [3.63, 3.8) is 0 Å². The van der Waals surface area contributed by atoms with Crippen LogP contribution in [0.25, 0.3) is 0 Å². The number of halogens is 1. The van der Waals surface area contributed by atoms with Crippen LogP contribution in [0.5, 0.6) is 0 Å². The van der Waals surface area contributed by atoms with E-state index in [1.807, 2.05) is 18.0 Å². The van der Waals surface area contributed by atoms with Crippen molar-refractivity contribution < 1.29 is 4.79 Å². The molecular formula is C15H19BrN2O. The second-order valence-corrected chi connectivity index (χ2v) is 6.46. The number of rotatable bonds is 1. The number of amides is 1. The lowest BCUT2D eigenvalue weighted by atomic mass is 9.93. The van der Waals surface area contributed by atoms with E-state index in [9.17, 15) is 4.79 Å². The minimum Gasteiger partial charge on any atom is -0.364 e. The summed E-state index contributed by atoms with van der Waals surface area (Å²) in [7, 11) is 1.99. The molecule has 19 heavy (non-hydrogen) atoms. The highest BCUT2D eigenvalue weighted by Gasteiger charge is 2.33. The molecule has 0 radical (unpaired) electrons. The van der Waals surface area contributed by atoms with E-state index in [4.69, 9.17) is 0 Å². The van der Waals surface area contributed by atoms with Crippen LogP contribution in [0.3, 0.4) is 0 Å². The van der Waals surface area contributed by atoms with Gasteiger partial charge < -0.3 is 9.80 Å². The van der Waals surface area contributed by atoms with Gasteiger partial charge in [0.25, 0.3) is 0 Å². The van der Waals surface area contributed by atoms with Crippen molar-refractivity contribution in [1.82, 2.24) is 0 Å². The zero-order valence-corrected chi connectivity index (χ0v) is 12.8. The van der Waals surface area contributed by atoms with Crippen LogP contribution in [-0.4, -0.2) is 25.5 Å². The molecule has 3 nitrogen and oxygen atoms in total. The summed E-state index contributed by atoms with van der Waals surface area (Å²) in [5, 5.41) is 0. The molecule has 2 aliphatic rings. The fourth-order valence-corrected chi connectivity index (χ4v) is 3.60. The first-order valence-corrected chi connectivity index (χ1v) is 7.79. The van der Waals surface area contributed by atoms with Gasteiger partial charge in [-0.3, -0.25) is 4.79 Å². The Morgan fingerprint density at radius 1 is 1.16 bits per heavy atom. The van der Waals surface area contributed by atoms with Crippen LogP contribution in [0.1, 0.15) is 32.1 Å². The van der Waals surface area contributed by atoms with Gasteiger partial charge in [-0.1, -0.05) is 35.2 Å². The summed E-state index contributed by atoms with van der Waals surface area (Å²) in [4.78, 5) is 16.5. The zero-order valence-electron chi connectivity index (χ0n) is 11.2. The molecule has 1 fully saturated rings. The Morgan fingerprint density at radius 2 is 1.89 bits per heavy atom. The molecule has 0 aromatic heterocycles. The first-order valence-electron chi connectivity index (χ1n) is 6.99. The fraction of sp³-hybridized carbons (Fsp3) is 0.533. The van der Waals surface area contributed by atoms with E-state index in [-0.39, 0.29) is 5.91 Å². The summed E-state index contributed by atoms with van der Waals surface area (Å²) in [5.41, 5.74) is 2.23. The summed E-state index contributed by atoms with van der Waals surface area (Å²) in [6, 6.07) is 6.62. The van der Waals surface area contributed by atoms with Gasteiger partial charge in [-0.25, -0.2) is 0 Å². The van der Waals surface area contributed by atoms with E-state index < -0.39 is 0 Å². The zero-order chi connectivity index (χ0) is 13.4. The molecule has 1 saturated carbocycles. The molecule has 1 aliphatic heterocycles. The molecule has 1 heterocycles. The van der Waals surface area contributed by atoms with Gasteiger partial charge in [0.15, 0.2) is 0 Å². The predicted molar refractivity (Wildman–Crippen MR) is 81.8 cm³/mol. The smallest absolute Gasteiger partial charge is 0.246 e. The second kappa shape index (κ2) is 5.16. The number of fused-ring (bicyclic) bond motifs is 1. The van der Waals surface area contributed by atoms with Gasteiger partial charge in [0.2, 0.25) is 5.91 Å². The third-order valence-electron chi connectivity index (χ3n) is 4.19. The molecule has 4 heteroatoms. The minimum atomic E-state index is 0.236. The Kier molecular flexibility index (Phi) is 3.52. The Balaban J connectivity index is 2.01. The monoisotopic (exact) mass is 322 g/mol. The maximum absolute atomic E-state index is 12.4. The maximum atomic E-state index is 12.4. The molecule has 0 N–H and O–H groups in total. The minimum absolute atomic E-state index is 0.236. The highest BCUT2D eigenvalue weighted by atomic mass is 79.9. The molecule has 1 aliphatic carbocycles. The van der Waals surface area contributed by atoms with Crippen molar-refractivity contribution in [2.75, 3.05) is 23.4 Å². The molecule has 0 bridgehead atoms. The quantitative estimate of drug-likeness (QED) is 0.789. The third kappa shape index (κ3) is 2.38. The average Bonchev–Trinajstić information content (AvgIpc) is 2.39. The van der Waals surface area contributed by atoms with Crippen molar-refractivity contribution in [2.24, 2.45) is 0 Å². The van der Waals surface area contributed by atoms with Gasteiger partial charge >= 0.3 is 0 Å². The van der Waals surface area contributed by atoms with Crippen molar-refractivity contribution in [1.29, 1.82) is 0 Å². The van der Waals surface area contributed by atoms with Crippen molar-refractivity contribution in [3.8, 4) is 0 Å². The van der Waals surface area contributed by atoms with Crippen LogP contribution in [0, 0.1) is 0 Å².